The Bertz CT molecular complexity index is 631. The lowest BCUT2D eigenvalue weighted by molar-refractivity contribution is 0.0695. The maximum absolute atomic E-state index is 12.8. The average molecular weight is 340 g/mol. The van der Waals surface area contributed by atoms with Crippen molar-refractivity contribution in [2.75, 3.05) is 51.8 Å². The Morgan fingerprint density at radius 2 is 2.04 bits per heavy atom. The van der Waals surface area contributed by atoms with E-state index < -0.39 is 10.2 Å². The van der Waals surface area contributed by atoms with Crippen molar-refractivity contribution in [3.8, 4) is 0 Å². The zero-order valence-electron chi connectivity index (χ0n) is 13.4. The molecule has 8 heteroatoms. The predicted octanol–water partition coefficient (Wildman–Crippen LogP) is 0.880. The summed E-state index contributed by atoms with van der Waals surface area (Å²) in [5, 5.41) is 3.03. The Morgan fingerprint density at radius 3 is 2.78 bits per heavy atom. The average Bonchev–Trinajstić information content (AvgIpc) is 2.62. The number of nitrogens with one attached hydrogen (secondary N) is 1. The number of rotatable bonds is 4. The fraction of sp³-hybridized carbons (Fsp3) is 0.667. The summed E-state index contributed by atoms with van der Waals surface area (Å²) in [6.07, 6.45) is 3.66. The fourth-order valence-electron chi connectivity index (χ4n) is 3.20. The van der Waals surface area contributed by atoms with Crippen molar-refractivity contribution in [3.63, 3.8) is 0 Å². The van der Waals surface area contributed by atoms with Gasteiger partial charge in [-0.05, 0) is 36.5 Å². The first kappa shape index (κ1) is 16.6. The van der Waals surface area contributed by atoms with E-state index >= 15 is 0 Å². The molecule has 2 fully saturated rings. The van der Waals surface area contributed by atoms with E-state index in [9.17, 15) is 8.42 Å². The number of ether oxygens (including phenoxy) is 1. The van der Waals surface area contributed by atoms with Gasteiger partial charge >= 0.3 is 0 Å². The molecular formula is C15H24N4O3S. The van der Waals surface area contributed by atoms with Crippen LogP contribution < -0.4 is 5.32 Å². The van der Waals surface area contributed by atoms with E-state index in [0.29, 0.717) is 39.4 Å². The highest BCUT2D eigenvalue weighted by molar-refractivity contribution is 7.86. The van der Waals surface area contributed by atoms with Crippen LogP contribution in [0.5, 0.6) is 0 Å². The van der Waals surface area contributed by atoms with Gasteiger partial charge in [0.1, 0.15) is 5.82 Å². The van der Waals surface area contributed by atoms with E-state index in [1.807, 2.05) is 19.2 Å². The van der Waals surface area contributed by atoms with Crippen LogP contribution in [0.3, 0.4) is 0 Å². The zero-order chi connectivity index (χ0) is 16.3. The van der Waals surface area contributed by atoms with Gasteiger partial charge in [-0.2, -0.15) is 17.0 Å². The van der Waals surface area contributed by atoms with Crippen molar-refractivity contribution in [3.05, 3.63) is 23.9 Å². The Labute approximate surface area is 137 Å². The molecule has 3 heterocycles. The molecule has 1 atom stereocenters. The first-order valence-electron chi connectivity index (χ1n) is 8.08. The predicted molar refractivity (Wildman–Crippen MR) is 88.6 cm³/mol. The van der Waals surface area contributed by atoms with Crippen LogP contribution in [0.2, 0.25) is 0 Å². The highest BCUT2D eigenvalue weighted by Gasteiger charge is 2.34. The molecule has 0 aliphatic carbocycles. The van der Waals surface area contributed by atoms with Gasteiger partial charge in [-0.3, -0.25) is 0 Å². The maximum Gasteiger partial charge on any atom is 0.282 e. The molecule has 7 nitrogen and oxygen atoms in total. The third-order valence-electron chi connectivity index (χ3n) is 4.52. The molecule has 0 amide bonds. The minimum atomic E-state index is -3.39. The lowest BCUT2D eigenvalue weighted by atomic mass is 9.92. The minimum absolute atomic E-state index is 0.217. The number of hydrogen-bond acceptors (Lipinski definition) is 5. The topological polar surface area (TPSA) is 74.8 Å². The highest BCUT2D eigenvalue weighted by atomic mass is 32.2. The third-order valence-corrected chi connectivity index (χ3v) is 6.52. The van der Waals surface area contributed by atoms with Crippen molar-refractivity contribution in [1.29, 1.82) is 0 Å². The molecule has 0 spiro atoms. The van der Waals surface area contributed by atoms with E-state index in [4.69, 9.17) is 4.74 Å². The first-order chi connectivity index (χ1) is 11.1. The van der Waals surface area contributed by atoms with Gasteiger partial charge in [0.25, 0.3) is 10.2 Å². The van der Waals surface area contributed by atoms with Gasteiger partial charge < -0.3 is 10.1 Å². The zero-order valence-corrected chi connectivity index (χ0v) is 14.3. The molecule has 3 rings (SSSR count). The van der Waals surface area contributed by atoms with Crippen LogP contribution in [0, 0.1) is 0 Å². The van der Waals surface area contributed by atoms with Crippen LogP contribution in [0.1, 0.15) is 24.3 Å². The number of hydrogen-bond donors (Lipinski definition) is 1. The lowest BCUT2D eigenvalue weighted by Gasteiger charge is -2.36. The summed E-state index contributed by atoms with van der Waals surface area (Å²) in [4.78, 5) is 4.23. The molecule has 1 aromatic heterocycles. The Morgan fingerprint density at radius 1 is 1.26 bits per heavy atom. The molecule has 0 saturated carbocycles. The van der Waals surface area contributed by atoms with E-state index in [0.717, 1.165) is 24.2 Å². The van der Waals surface area contributed by atoms with E-state index in [1.54, 1.807) is 14.8 Å². The van der Waals surface area contributed by atoms with Crippen molar-refractivity contribution in [1.82, 2.24) is 13.6 Å². The Balaban J connectivity index is 1.74. The maximum atomic E-state index is 12.8. The molecule has 128 valence electrons. The molecule has 1 N–H and O–H groups in total. The molecule has 1 aromatic rings. The molecule has 2 aliphatic heterocycles. The number of morpholine rings is 1. The van der Waals surface area contributed by atoms with Gasteiger partial charge in [-0.1, -0.05) is 0 Å². The Hall–Kier alpha value is -1.22. The van der Waals surface area contributed by atoms with Crippen molar-refractivity contribution >= 4 is 16.0 Å². The van der Waals surface area contributed by atoms with Crippen LogP contribution >= 0.6 is 0 Å². The van der Waals surface area contributed by atoms with Gasteiger partial charge in [-0.25, -0.2) is 4.98 Å². The molecule has 2 saturated heterocycles. The molecule has 0 radical (unpaired) electrons. The quantitative estimate of drug-likeness (QED) is 0.881. The highest BCUT2D eigenvalue weighted by Crippen LogP contribution is 2.30. The third kappa shape index (κ3) is 3.65. The largest absolute Gasteiger partial charge is 0.379 e. The number of pyridine rings is 1. The van der Waals surface area contributed by atoms with Gasteiger partial charge in [0.15, 0.2) is 0 Å². The van der Waals surface area contributed by atoms with Crippen molar-refractivity contribution < 1.29 is 13.2 Å². The Kier molecular flexibility index (Phi) is 5.15. The molecular weight excluding hydrogens is 316 g/mol. The van der Waals surface area contributed by atoms with Crippen LogP contribution in [-0.2, 0) is 14.9 Å². The van der Waals surface area contributed by atoms with Crippen molar-refractivity contribution in [2.24, 2.45) is 0 Å². The molecule has 23 heavy (non-hydrogen) atoms. The second-order valence-corrected chi connectivity index (χ2v) is 7.87. The number of anilines is 1. The van der Waals surface area contributed by atoms with E-state index in [1.165, 1.54) is 0 Å². The second kappa shape index (κ2) is 7.12. The molecule has 0 aromatic carbocycles. The number of aromatic nitrogens is 1. The van der Waals surface area contributed by atoms with Crippen LogP contribution in [0.15, 0.2) is 18.3 Å². The molecule has 0 bridgehead atoms. The standard InChI is InChI=1S/C15H24N4O3S/c1-16-15-11-13(4-5-17-15)14-3-2-6-19(12-14)23(20,21)18-7-9-22-10-8-18/h4-5,11,14H,2-3,6-10,12H2,1H3,(H,16,17). The smallest absolute Gasteiger partial charge is 0.282 e. The summed E-state index contributed by atoms with van der Waals surface area (Å²) in [5.41, 5.74) is 1.14. The van der Waals surface area contributed by atoms with Gasteiger partial charge in [0.2, 0.25) is 0 Å². The molecule has 2 aliphatic rings. The van der Waals surface area contributed by atoms with Crippen LogP contribution in [0.25, 0.3) is 0 Å². The SMILES string of the molecule is CNc1cc(C2CCCN(S(=O)(=O)N3CCOCC3)C2)ccn1. The summed E-state index contributed by atoms with van der Waals surface area (Å²) < 4.78 is 34.1. The summed E-state index contributed by atoms with van der Waals surface area (Å²) >= 11 is 0. The second-order valence-electron chi connectivity index (χ2n) is 5.94. The minimum Gasteiger partial charge on any atom is -0.379 e. The summed E-state index contributed by atoms with van der Waals surface area (Å²) in [6.45, 7) is 2.98. The summed E-state index contributed by atoms with van der Waals surface area (Å²) in [7, 11) is -1.55. The van der Waals surface area contributed by atoms with E-state index in [-0.39, 0.29) is 5.92 Å². The van der Waals surface area contributed by atoms with Gasteiger partial charge in [0, 0.05) is 39.4 Å². The number of piperidine rings is 1. The van der Waals surface area contributed by atoms with Crippen molar-refractivity contribution in [2.45, 2.75) is 18.8 Å². The van der Waals surface area contributed by atoms with Gasteiger partial charge in [0.05, 0.1) is 13.2 Å². The van der Waals surface area contributed by atoms with E-state index in [2.05, 4.69) is 10.3 Å². The van der Waals surface area contributed by atoms with Crippen LogP contribution in [-0.4, -0.2) is 68.5 Å². The monoisotopic (exact) mass is 340 g/mol. The number of nitrogens with zero attached hydrogens (tertiary/aromatic N) is 3. The van der Waals surface area contributed by atoms with Gasteiger partial charge in [-0.15, -0.1) is 0 Å². The first-order valence-corrected chi connectivity index (χ1v) is 9.47. The summed E-state index contributed by atoms with van der Waals surface area (Å²) in [6, 6.07) is 3.99. The fourth-order valence-corrected chi connectivity index (χ4v) is 4.87. The normalized spacial score (nSPS) is 24.5. The van der Waals surface area contributed by atoms with Crippen LogP contribution in [0.4, 0.5) is 5.82 Å². The summed E-state index contributed by atoms with van der Waals surface area (Å²) in [5.74, 6) is 1.03. The molecule has 1 unspecified atom stereocenters. The lowest BCUT2D eigenvalue weighted by Crippen LogP contribution is -2.51.